The molecule has 0 amide bonds. The monoisotopic (exact) mass is 691 g/mol. The molecule has 0 N–H and O–H groups in total. The molecule has 0 aliphatic heterocycles. The van der Waals surface area contributed by atoms with Crippen molar-refractivity contribution >= 4 is 11.9 Å². The molecular formula is C44H84NO4+. The zero-order valence-corrected chi connectivity index (χ0v) is 33.6. The van der Waals surface area contributed by atoms with Crippen molar-refractivity contribution in [1.29, 1.82) is 0 Å². The van der Waals surface area contributed by atoms with Crippen LogP contribution in [-0.4, -0.2) is 55.8 Å². The van der Waals surface area contributed by atoms with E-state index in [1.165, 1.54) is 128 Å². The molecule has 0 radical (unpaired) electrons. The van der Waals surface area contributed by atoms with Crippen LogP contribution in [0.2, 0.25) is 0 Å². The third-order valence-electron chi connectivity index (χ3n) is 10.2. The molecule has 0 saturated heterocycles. The Morgan fingerprint density at radius 1 is 0.490 bits per heavy atom. The highest BCUT2D eigenvalue weighted by atomic mass is 16.6. The molecule has 1 atom stereocenters. The summed E-state index contributed by atoms with van der Waals surface area (Å²) in [4.78, 5) is 25.3. The quantitative estimate of drug-likeness (QED) is 0.0282. The van der Waals surface area contributed by atoms with Crippen molar-refractivity contribution in [3.8, 4) is 0 Å². The molecule has 0 heterocycles. The molecule has 5 nitrogen and oxygen atoms in total. The van der Waals surface area contributed by atoms with E-state index >= 15 is 0 Å². The number of allylic oxidation sites excluding steroid dienone is 4. The van der Waals surface area contributed by atoms with Gasteiger partial charge >= 0.3 is 11.9 Å². The van der Waals surface area contributed by atoms with Gasteiger partial charge in [-0.1, -0.05) is 141 Å². The topological polar surface area (TPSA) is 52.6 Å². The fourth-order valence-corrected chi connectivity index (χ4v) is 6.28. The van der Waals surface area contributed by atoms with Crippen molar-refractivity contribution in [1.82, 2.24) is 0 Å². The minimum absolute atomic E-state index is 0.158. The lowest BCUT2D eigenvalue weighted by Crippen LogP contribution is -2.50. The largest absolute Gasteiger partial charge is 0.461 e. The SMILES string of the molecule is CCCCCCCC/C=C\CCCCCCCC(=O)OCC(C[N+](C)(CC)CC)OC(=O)CCCCCCC/C=C\CCCCCCCC. The predicted octanol–water partition coefficient (Wildman–Crippen LogP) is 13.0. The van der Waals surface area contributed by atoms with E-state index in [4.69, 9.17) is 9.47 Å². The first-order valence-corrected chi connectivity index (χ1v) is 21.4. The van der Waals surface area contributed by atoms with Crippen LogP contribution in [0.3, 0.4) is 0 Å². The fraction of sp³-hybridized carbons (Fsp3) is 0.864. The summed E-state index contributed by atoms with van der Waals surface area (Å²) in [6.45, 7) is 11.6. The molecule has 0 rings (SSSR count). The summed E-state index contributed by atoms with van der Waals surface area (Å²) in [7, 11) is 2.18. The molecule has 0 aromatic carbocycles. The molecule has 288 valence electrons. The van der Waals surface area contributed by atoms with E-state index in [1.807, 2.05) is 0 Å². The molecular weight excluding hydrogens is 606 g/mol. The lowest BCUT2D eigenvalue weighted by atomic mass is 10.1. The standard InChI is InChI=1S/C44H84NO4/c1-6-10-12-14-16-18-20-22-24-26-28-30-32-34-36-38-43(46)48-41-42(40-45(5,8-3)9-4)49-44(47)39-37-35-33-31-29-27-25-23-21-19-17-15-13-11-7-2/h22-25,42H,6-21,26-41H2,1-5H3/q+1/b24-22-,25-23-. The van der Waals surface area contributed by atoms with Crippen LogP contribution in [0.4, 0.5) is 0 Å². The van der Waals surface area contributed by atoms with Crippen molar-refractivity contribution in [2.24, 2.45) is 0 Å². The first kappa shape index (κ1) is 47.4. The third kappa shape index (κ3) is 33.3. The van der Waals surface area contributed by atoms with Crippen LogP contribution >= 0.6 is 0 Å². The van der Waals surface area contributed by atoms with Gasteiger partial charge in [-0.3, -0.25) is 9.59 Å². The van der Waals surface area contributed by atoms with Gasteiger partial charge in [-0.05, 0) is 78.1 Å². The van der Waals surface area contributed by atoms with Gasteiger partial charge in [0.05, 0.1) is 20.1 Å². The molecule has 0 aliphatic rings. The number of unbranched alkanes of at least 4 members (excludes halogenated alkanes) is 22. The molecule has 1 unspecified atom stereocenters. The van der Waals surface area contributed by atoms with Crippen LogP contribution in [0.5, 0.6) is 0 Å². The first-order valence-electron chi connectivity index (χ1n) is 21.4. The highest BCUT2D eigenvalue weighted by molar-refractivity contribution is 5.70. The van der Waals surface area contributed by atoms with Gasteiger partial charge in [0.15, 0.2) is 6.10 Å². The summed E-state index contributed by atoms with van der Waals surface area (Å²) in [5, 5.41) is 0. The second kappa shape index (κ2) is 36.2. The smallest absolute Gasteiger partial charge is 0.306 e. The molecule has 0 spiro atoms. The number of quaternary nitrogens is 1. The second-order valence-electron chi connectivity index (χ2n) is 14.9. The number of carbonyl (C=O) groups is 2. The van der Waals surface area contributed by atoms with Crippen LogP contribution < -0.4 is 0 Å². The molecule has 0 aliphatic carbocycles. The maximum atomic E-state index is 12.7. The number of hydrogen-bond acceptors (Lipinski definition) is 4. The Labute approximate surface area is 306 Å². The highest BCUT2D eigenvalue weighted by Gasteiger charge is 2.27. The molecule has 49 heavy (non-hydrogen) atoms. The molecule has 0 aromatic heterocycles. The number of hydrogen-bond donors (Lipinski definition) is 0. The summed E-state index contributed by atoms with van der Waals surface area (Å²) in [6, 6.07) is 0. The molecule has 0 bridgehead atoms. The van der Waals surface area contributed by atoms with Gasteiger partial charge in [-0.2, -0.15) is 0 Å². The summed E-state index contributed by atoms with van der Waals surface area (Å²) in [5.41, 5.74) is 0. The van der Waals surface area contributed by atoms with E-state index in [9.17, 15) is 9.59 Å². The van der Waals surface area contributed by atoms with E-state index in [-0.39, 0.29) is 18.5 Å². The van der Waals surface area contributed by atoms with E-state index in [2.05, 4.69) is 59.0 Å². The molecule has 0 saturated carbocycles. The summed E-state index contributed by atoms with van der Waals surface area (Å²) in [5.74, 6) is -0.326. The first-order chi connectivity index (χ1) is 23.9. The number of esters is 2. The van der Waals surface area contributed by atoms with Gasteiger partial charge in [0, 0.05) is 12.8 Å². The Bertz CT molecular complexity index is 788. The van der Waals surface area contributed by atoms with Crippen molar-refractivity contribution in [2.45, 2.75) is 214 Å². The van der Waals surface area contributed by atoms with Crippen molar-refractivity contribution in [3.05, 3.63) is 24.3 Å². The summed E-state index contributed by atoms with van der Waals surface area (Å²) >= 11 is 0. The van der Waals surface area contributed by atoms with Crippen molar-refractivity contribution < 1.29 is 23.5 Å². The van der Waals surface area contributed by atoms with Gasteiger partial charge < -0.3 is 14.0 Å². The van der Waals surface area contributed by atoms with Gasteiger partial charge in [-0.15, -0.1) is 0 Å². The van der Waals surface area contributed by atoms with Gasteiger partial charge in [0.2, 0.25) is 0 Å². The Hall–Kier alpha value is -1.62. The Morgan fingerprint density at radius 2 is 0.837 bits per heavy atom. The predicted molar refractivity (Wildman–Crippen MR) is 212 cm³/mol. The summed E-state index contributed by atoms with van der Waals surface area (Å²) < 4.78 is 12.3. The lowest BCUT2D eigenvalue weighted by molar-refractivity contribution is -0.908. The zero-order valence-electron chi connectivity index (χ0n) is 33.6. The number of carbonyl (C=O) groups excluding carboxylic acids is 2. The van der Waals surface area contributed by atoms with E-state index in [0.717, 1.165) is 56.1 Å². The van der Waals surface area contributed by atoms with Crippen LogP contribution in [0, 0.1) is 0 Å². The van der Waals surface area contributed by atoms with Gasteiger partial charge in [0.1, 0.15) is 13.2 Å². The van der Waals surface area contributed by atoms with Crippen LogP contribution in [0.15, 0.2) is 24.3 Å². The summed E-state index contributed by atoms with van der Waals surface area (Å²) in [6.07, 6.45) is 42.1. The van der Waals surface area contributed by atoms with E-state index in [0.29, 0.717) is 19.4 Å². The molecule has 0 aromatic rings. The third-order valence-corrected chi connectivity index (χ3v) is 10.2. The Kier molecular flexibility index (Phi) is 35.0. The van der Waals surface area contributed by atoms with E-state index in [1.54, 1.807) is 0 Å². The Balaban J connectivity index is 4.09. The number of rotatable bonds is 37. The van der Waals surface area contributed by atoms with Crippen LogP contribution in [0.25, 0.3) is 0 Å². The molecule has 0 fully saturated rings. The number of likely N-dealkylation sites (N-methyl/N-ethyl adjacent to an activating group) is 1. The highest BCUT2D eigenvalue weighted by Crippen LogP contribution is 2.14. The maximum absolute atomic E-state index is 12.7. The van der Waals surface area contributed by atoms with Crippen molar-refractivity contribution in [3.63, 3.8) is 0 Å². The van der Waals surface area contributed by atoms with Gasteiger partial charge in [-0.25, -0.2) is 0 Å². The average Bonchev–Trinajstić information content (AvgIpc) is 3.10. The zero-order chi connectivity index (χ0) is 36.1. The minimum Gasteiger partial charge on any atom is -0.461 e. The van der Waals surface area contributed by atoms with Gasteiger partial charge in [0.25, 0.3) is 0 Å². The lowest BCUT2D eigenvalue weighted by Gasteiger charge is -2.35. The number of ether oxygens (including phenoxy) is 2. The number of nitrogens with zero attached hydrogens (tertiary/aromatic N) is 1. The second-order valence-corrected chi connectivity index (χ2v) is 14.9. The fourth-order valence-electron chi connectivity index (χ4n) is 6.28. The van der Waals surface area contributed by atoms with Crippen LogP contribution in [0.1, 0.15) is 207 Å². The van der Waals surface area contributed by atoms with Crippen LogP contribution in [-0.2, 0) is 19.1 Å². The molecule has 5 heteroatoms. The van der Waals surface area contributed by atoms with Crippen molar-refractivity contribution in [2.75, 3.05) is 33.3 Å². The maximum Gasteiger partial charge on any atom is 0.306 e. The Morgan fingerprint density at radius 3 is 1.22 bits per heavy atom. The van der Waals surface area contributed by atoms with E-state index < -0.39 is 6.10 Å². The minimum atomic E-state index is -0.390. The average molecular weight is 691 g/mol. The normalized spacial score (nSPS) is 12.7.